The van der Waals surface area contributed by atoms with Crippen LogP contribution >= 0.6 is 0 Å². The molecular formula is C23H31FN4O5. The van der Waals surface area contributed by atoms with Crippen LogP contribution in [0, 0.1) is 5.82 Å². The smallest absolute Gasteiger partial charge is 0.322 e. The Morgan fingerprint density at radius 1 is 1.24 bits per heavy atom. The number of nitrogens with one attached hydrogen (secondary N) is 2. The quantitative estimate of drug-likeness (QED) is 0.537. The van der Waals surface area contributed by atoms with Gasteiger partial charge in [0.1, 0.15) is 11.4 Å². The van der Waals surface area contributed by atoms with E-state index in [2.05, 4.69) is 15.5 Å². The van der Waals surface area contributed by atoms with Crippen molar-refractivity contribution in [2.75, 3.05) is 33.4 Å². The average Bonchev–Trinajstić information content (AvgIpc) is 3.12. The maximum absolute atomic E-state index is 13.4. The number of imide groups is 1. The first-order valence-corrected chi connectivity index (χ1v) is 11.5. The second-order valence-corrected chi connectivity index (χ2v) is 9.03. The number of halogens is 1. The summed E-state index contributed by atoms with van der Waals surface area (Å²) in [6.45, 7) is 2.81. The van der Waals surface area contributed by atoms with Crippen LogP contribution in [0.5, 0.6) is 0 Å². The summed E-state index contributed by atoms with van der Waals surface area (Å²) in [7, 11) is 1.68. The Bertz CT molecular complexity index is 891. The number of aliphatic hydroxyl groups excluding tert-OH is 1. The fourth-order valence-electron chi connectivity index (χ4n) is 5.27. The molecule has 10 heteroatoms. The lowest BCUT2D eigenvalue weighted by Gasteiger charge is -2.45. The molecule has 3 aliphatic rings. The third-order valence-corrected chi connectivity index (χ3v) is 7.19. The molecule has 4 rings (SSSR count). The van der Waals surface area contributed by atoms with Gasteiger partial charge in [0.15, 0.2) is 0 Å². The maximum Gasteiger partial charge on any atom is 0.322 e. The summed E-state index contributed by atoms with van der Waals surface area (Å²) in [5.74, 6) is -1.26. The number of hydrogen-bond donors (Lipinski definition) is 3. The largest absolute Gasteiger partial charge is 0.389 e. The van der Waals surface area contributed by atoms with Gasteiger partial charge in [-0.3, -0.25) is 19.8 Å². The molecule has 9 nitrogen and oxygen atoms in total. The number of hydrogen-bond acceptors (Lipinski definition) is 6. The standard InChI is InChI=1S/C23H31FN4O5/c1-27(17-3-2-4-18(20(17)30)28-11-13-33-14-12-28)19(29)9-10-23(21(31)25-22(32)26-23)15-5-7-16(24)8-6-15/h5-8,17-18,20,30H,2-4,9-14H2,1H3,(H2,25,26,31,32)/t17-,18-,20-,23-/m1/s1. The van der Waals surface area contributed by atoms with Crippen LogP contribution in [0.4, 0.5) is 9.18 Å². The van der Waals surface area contributed by atoms with Gasteiger partial charge in [0.25, 0.3) is 5.91 Å². The lowest BCUT2D eigenvalue weighted by molar-refractivity contribution is -0.139. The summed E-state index contributed by atoms with van der Waals surface area (Å²) >= 11 is 0. The number of nitrogens with zero attached hydrogens (tertiary/aromatic N) is 2. The van der Waals surface area contributed by atoms with Gasteiger partial charge < -0.3 is 20.1 Å². The van der Waals surface area contributed by atoms with Gasteiger partial charge in [-0.2, -0.15) is 0 Å². The van der Waals surface area contributed by atoms with Gasteiger partial charge in [0.05, 0.1) is 25.4 Å². The number of aliphatic hydroxyl groups is 1. The van der Waals surface area contributed by atoms with Crippen LogP contribution in [0.25, 0.3) is 0 Å². The molecule has 0 unspecified atom stereocenters. The number of urea groups is 1. The van der Waals surface area contributed by atoms with E-state index in [1.54, 1.807) is 11.9 Å². The minimum absolute atomic E-state index is 0.0200. The van der Waals surface area contributed by atoms with E-state index < -0.39 is 29.4 Å². The monoisotopic (exact) mass is 462 g/mol. The molecule has 180 valence electrons. The number of benzene rings is 1. The normalized spacial score (nSPS) is 30.6. The third-order valence-electron chi connectivity index (χ3n) is 7.19. The lowest BCUT2D eigenvalue weighted by Crippen LogP contribution is -2.58. The highest BCUT2D eigenvalue weighted by molar-refractivity contribution is 6.07. The molecule has 1 aliphatic carbocycles. The van der Waals surface area contributed by atoms with Gasteiger partial charge >= 0.3 is 6.03 Å². The summed E-state index contributed by atoms with van der Waals surface area (Å²) in [4.78, 5) is 41.5. The summed E-state index contributed by atoms with van der Waals surface area (Å²) < 4.78 is 18.8. The Morgan fingerprint density at radius 3 is 2.58 bits per heavy atom. The zero-order chi connectivity index (χ0) is 23.6. The predicted octanol–water partition coefficient (Wildman–Crippen LogP) is 0.713. The molecule has 0 spiro atoms. The second-order valence-electron chi connectivity index (χ2n) is 9.03. The van der Waals surface area contributed by atoms with Crippen molar-refractivity contribution >= 4 is 17.8 Å². The summed E-state index contributed by atoms with van der Waals surface area (Å²) in [6.07, 6.45) is 1.80. The molecule has 3 N–H and O–H groups in total. The van der Waals surface area contributed by atoms with E-state index in [0.717, 1.165) is 25.9 Å². The van der Waals surface area contributed by atoms with Crippen LogP contribution in [-0.4, -0.2) is 84.3 Å². The Balaban J connectivity index is 1.44. The van der Waals surface area contributed by atoms with Gasteiger partial charge in [-0.15, -0.1) is 0 Å². The Hall–Kier alpha value is -2.56. The second kappa shape index (κ2) is 9.74. The molecule has 2 saturated heterocycles. The molecule has 1 aromatic rings. The summed E-state index contributed by atoms with van der Waals surface area (Å²) in [6, 6.07) is 4.31. The van der Waals surface area contributed by atoms with Crippen LogP contribution in [0.1, 0.15) is 37.7 Å². The third kappa shape index (κ3) is 4.73. The van der Waals surface area contributed by atoms with Crippen molar-refractivity contribution in [1.82, 2.24) is 20.4 Å². The number of carbonyl (C=O) groups excluding carboxylic acids is 3. The van der Waals surface area contributed by atoms with E-state index in [1.165, 1.54) is 24.3 Å². The SMILES string of the molecule is CN(C(=O)CC[C@]1(c2ccc(F)cc2)NC(=O)NC1=O)[C@@H]1CCC[C@@H](N2CCOCC2)[C@@H]1O. The number of ether oxygens (including phenoxy) is 1. The minimum Gasteiger partial charge on any atom is -0.389 e. The Morgan fingerprint density at radius 2 is 1.94 bits per heavy atom. The molecule has 2 heterocycles. The average molecular weight is 463 g/mol. The number of amides is 4. The molecule has 4 atom stereocenters. The van der Waals surface area contributed by atoms with Crippen LogP contribution in [0.3, 0.4) is 0 Å². The zero-order valence-electron chi connectivity index (χ0n) is 18.8. The van der Waals surface area contributed by atoms with Gasteiger partial charge in [-0.05, 0) is 43.4 Å². The molecule has 0 bridgehead atoms. The highest BCUT2D eigenvalue weighted by Gasteiger charge is 2.48. The van der Waals surface area contributed by atoms with Crippen LogP contribution < -0.4 is 10.6 Å². The fraction of sp³-hybridized carbons (Fsp3) is 0.609. The van der Waals surface area contributed by atoms with E-state index >= 15 is 0 Å². The summed E-state index contributed by atoms with van der Waals surface area (Å²) in [5, 5.41) is 15.9. The molecule has 1 aromatic carbocycles. The van der Waals surface area contributed by atoms with Gasteiger partial charge in [-0.25, -0.2) is 9.18 Å². The predicted molar refractivity (Wildman–Crippen MR) is 117 cm³/mol. The number of carbonyl (C=O) groups is 3. The highest BCUT2D eigenvalue weighted by atomic mass is 19.1. The van der Waals surface area contributed by atoms with Crippen molar-refractivity contribution < 1.29 is 28.6 Å². The molecule has 0 radical (unpaired) electrons. The van der Waals surface area contributed by atoms with E-state index in [1.807, 2.05) is 0 Å². The molecule has 0 aromatic heterocycles. The van der Waals surface area contributed by atoms with Crippen molar-refractivity contribution in [1.29, 1.82) is 0 Å². The number of morpholine rings is 1. The molecule has 1 saturated carbocycles. The molecule has 33 heavy (non-hydrogen) atoms. The first kappa shape index (κ1) is 23.6. The van der Waals surface area contributed by atoms with Gasteiger partial charge in [0, 0.05) is 32.6 Å². The summed E-state index contributed by atoms with van der Waals surface area (Å²) in [5.41, 5.74) is -1.03. The van der Waals surface area contributed by atoms with Crippen LogP contribution in [0.15, 0.2) is 24.3 Å². The van der Waals surface area contributed by atoms with E-state index in [4.69, 9.17) is 4.74 Å². The first-order valence-electron chi connectivity index (χ1n) is 11.5. The molecule has 4 amide bonds. The van der Waals surface area contributed by atoms with Crippen molar-refractivity contribution in [3.63, 3.8) is 0 Å². The van der Waals surface area contributed by atoms with E-state index in [9.17, 15) is 23.9 Å². The molecular weight excluding hydrogens is 431 g/mol. The van der Waals surface area contributed by atoms with E-state index in [-0.39, 0.29) is 30.8 Å². The topological polar surface area (TPSA) is 111 Å². The van der Waals surface area contributed by atoms with Crippen LogP contribution in [-0.2, 0) is 19.9 Å². The molecule has 2 aliphatic heterocycles. The molecule has 3 fully saturated rings. The zero-order valence-corrected chi connectivity index (χ0v) is 18.8. The fourth-order valence-corrected chi connectivity index (χ4v) is 5.27. The first-order chi connectivity index (χ1) is 15.8. The Labute approximate surface area is 192 Å². The van der Waals surface area contributed by atoms with Crippen LogP contribution in [0.2, 0.25) is 0 Å². The highest BCUT2D eigenvalue weighted by Crippen LogP contribution is 2.32. The van der Waals surface area contributed by atoms with Crippen molar-refractivity contribution in [3.05, 3.63) is 35.6 Å². The van der Waals surface area contributed by atoms with Gasteiger partial charge in [0.2, 0.25) is 5.91 Å². The minimum atomic E-state index is -1.44. The lowest BCUT2D eigenvalue weighted by atomic mass is 9.84. The Kier molecular flexibility index (Phi) is 6.96. The van der Waals surface area contributed by atoms with Crippen molar-refractivity contribution in [2.24, 2.45) is 0 Å². The number of likely N-dealkylation sites (N-methyl/N-ethyl adjacent to an activating group) is 1. The maximum atomic E-state index is 13.4. The van der Waals surface area contributed by atoms with Gasteiger partial charge in [-0.1, -0.05) is 12.1 Å². The van der Waals surface area contributed by atoms with Crippen molar-refractivity contribution in [3.8, 4) is 0 Å². The number of rotatable bonds is 6. The van der Waals surface area contributed by atoms with Crippen molar-refractivity contribution in [2.45, 2.75) is 55.8 Å². The van der Waals surface area contributed by atoms with E-state index in [0.29, 0.717) is 25.2 Å².